The van der Waals surface area contributed by atoms with E-state index in [1.165, 1.54) is 11.8 Å². The molecule has 3 N–H and O–H groups in total. The SMILES string of the molecule is CCCS(=O)(=O)CCSC[C@@H](N)C(=O)O. The van der Waals surface area contributed by atoms with Gasteiger partial charge in [-0.15, -0.1) is 0 Å². The second-order valence-electron chi connectivity index (χ2n) is 3.17. The highest BCUT2D eigenvalue weighted by Crippen LogP contribution is 2.04. The van der Waals surface area contributed by atoms with Crippen LogP contribution < -0.4 is 5.73 Å². The summed E-state index contributed by atoms with van der Waals surface area (Å²) in [4.78, 5) is 10.3. The van der Waals surface area contributed by atoms with Crippen LogP contribution in [0.2, 0.25) is 0 Å². The largest absolute Gasteiger partial charge is 0.480 e. The highest BCUT2D eigenvalue weighted by Gasteiger charge is 2.13. The number of hydrogen-bond donors (Lipinski definition) is 2. The van der Waals surface area contributed by atoms with Gasteiger partial charge in [0.1, 0.15) is 6.04 Å². The minimum Gasteiger partial charge on any atom is -0.480 e. The summed E-state index contributed by atoms with van der Waals surface area (Å²) in [5, 5.41) is 8.47. The molecular weight excluding hydrogens is 238 g/mol. The molecule has 0 fully saturated rings. The quantitative estimate of drug-likeness (QED) is 0.590. The lowest BCUT2D eigenvalue weighted by Gasteiger charge is -2.06. The molecule has 15 heavy (non-hydrogen) atoms. The molecule has 0 unspecified atom stereocenters. The number of sulfone groups is 1. The van der Waals surface area contributed by atoms with E-state index >= 15 is 0 Å². The van der Waals surface area contributed by atoms with E-state index in [9.17, 15) is 13.2 Å². The molecule has 0 aromatic heterocycles. The van der Waals surface area contributed by atoms with Gasteiger partial charge in [0.2, 0.25) is 0 Å². The van der Waals surface area contributed by atoms with E-state index in [1.54, 1.807) is 0 Å². The van der Waals surface area contributed by atoms with Crippen LogP contribution in [-0.4, -0.2) is 48.5 Å². The van der Waals surface area contributed by atoms with Gasteiger partial charge in [0.15, 0.2) is 9.84 Å². The first-order valence-corrected chi connectivity index (χ1v) is 7.63. The molecule has 7 heteroatoms. The third-order valence-corrected chi connectivity index (χ3v) is 4.87. The van der Waals surface area contributed by atoms with Gasteiger partial charge in [0.05, 0.1) is 5.75 Å². The lowest BCUT2D eigenvalue weighted by atomic mass is 10.4. The molecule has 5 nitrogen and oxygen atoms in total. The third kappa shape index (κ3) is 7.64. The second-order valence-corrected chi connectivity index (χ2v) is 6.62. The molecule has 0 bridgehead atoms. The van der Waals surface area contributed by atoms with Gasteiger partial charge < -0.3 is 10.8 Å². The molecular formula is C8H17NO4S2. The van der Waals surface area contributed by atoms with Gasteiger partial charge in [-0.05, 0) is 6.42 Å². The van der Waals surface area contributed by atoms with Crippen LogP contribution >= 0.6 is 11.8 Å². The Hall–Kier alpha value is -0.270. The van der Waals surface area contributed by atoms with Crippen molar-refractivity contribution in [2.75, 3.05) is 23.0 Å². The van der Waals surface area contributed by atoms with E-state index in [2.05, 4.69) is 0 Å². The molecule has 90 valence electrons. The third-order valence-electron chi connectivity index (χ3n) is 1.67. The van der Waals surface area contributed by atoms with Crippen LogP contribution in [0.4, 0.5) is 0 Å². The zero-order chi connectivity index (χ0) is 11.9. The summed E-state index contributed by atoms with van der Waals surface area (Å²) in [6.45, 7) is 1.81. The maximum absolute atomic E-state index is 11.2. The van der Waals surface area contributed by atoms with Crippen LogP contribution in [0.15, 0.2) is 0 Å². The Balaban J connectivity index is 3.67. The van der Waals surface area contributed by atoms with Crippen LogP contribution in [0.1, 0.15) is 13.3 Å². The van der Waals surface area contributed by atoms with Crippen molar-refractivity contribution >= 4 is 27.6 Å². The van der Waals surface area contributed by atoms with Crippen LogP contribution in [0.25, 0.3) is 0 Å². The van der Waals surface area contributed by atoms with Gasteiger partial charge in [0.25, 0.3) is 0 Å². The fourth-order valence-electron chi connectivity index (χ4n) is 0.881. The Labute approximate surface area is 94.3 Å². The number of carbonyl (C=O) groups is 1. The van der Waals surface area contributed by atoms with Crippen LogP contribution in [0.5, 0.6) is 0 Å². The molecule has 0 amide bonds. The molecule has 0 heterocycles. The van der Waals surface area contributed by atoms with Gasteiger partial charge in [0, 0.05) is 17.3 Å². The van der Waals surface area contributed by atoms with E-state index in [0.717, 1.165) is 0 Å². The van der Waals surface area contributed by atoms with Crippen molar-refractivity contribution < 1.29 is 18.3 Å². The summed E-state index contributed by atoms with van der Waals surface area (Å²) < 4.78 is 22.5. The molecule has 0 aliphatic carbocycles. The Bertz CT molecular complexity index is 289. The summed E-state index contributed by atoms with van der Waals surface area (Å²) in [6.07, 6.45) is 0.613. The van der Waals surface area contributed by atoms with Crippen molar-refractivity contribution in [3.63, 3.8) is 0 Å². The maximum Gasteiger partial charge on any atom is 0.321 e. The van der Waals surface area contributed by atoms with Crippen molar-refractivity contribution in [3.8, 4) is 0 Å². The van der Waals surface area contributed by atoms with Crippen molar-refractivity contribution in [1.82, 2.24) is 0 Å². The first-order valence-electron chi connectivity index (χ1n) is 4.65. The molecule has 0 aliphatic heterocycles. The van der Waals surface area contributed by atoms with Crippen LogP contribution in [0.3, 0.4) is 0 Å². The zero-order valence-corrected chi connectivity index (χ0v) is 10.3. The van der Waals surface area contributed by atoms with E-state index in [4.69, 9.17) is 10.8 Å². The number of hydrogen-bond acceptors (Lipinski definition) is 5. The number of thioether (sulfide) groups is 1. The lowest BCUT2D eigenvalue weighted by molar-refractivity contribution is -0.137. The van der Waals surface area contributed by atoms with E-state index in [1.807, 2.05) is 6.92 Å². The summed E-state index contributed by atoms with van der Waals surface area (Å²) in [5.74, 6) is -0.115. The number of aliphatic carboxylic acids is 1. The number of rotatable bonds is 8. The average Bonchev–Trinajstić information content (AvgIpc) is 2.11. The standard InChI is InChI=1S/C8H17NO4S2/c1-2-4-15(12,13)5-3-14-6-7(9)8(10)11/h7H,2-6,9H2,1H3,(H,10,11)/t7-/m1/s1. The topological polar surface area (TPSA) is 97.5 Å². The Morgan fingerprint density at radius 3 is 2.53 bits per heavy atom. The monoisotopic (exact) mass is 255 g/mol. The highest BCUT2D eigenvalue weighted by atomic mass is 32.2. The molecule has 0 rings (SSSR count). The molecule has 0 spiro atoms. The van der Waals surface area contributed by atoms with Crippen molar-refractivity contribution in [1.29, 1.82) is 0 Å². The van der Waals surface area contributed by atoms with E-state index in [-0.39, 0.29) is 17.3 Å². The molecule has 0 aromatic carbocycles. The van der Waals surface area contributed by atoms with Gasteiger partial charge in [-0.3, -0.25) is 4.79 Å². The number of carboxylic acid groups (broad SMARTS) is 1. The lowest BCUT2D eigenvalue weighted by Crippen LogP contribution is -2.32. The van der Waals surface area contributed by atoms with Gasteiger partial charge in [-0.1, -0.05) is 6.92 Å². The average molecular weight is 255 g/mol. The summed E-state index contributed by atoms with van der Waals surface area (Å²) >= 11 is 1.26. The number of nitrogens with two attached hydrogens (primary N) is 1. The first kappa shape index (κ1) is 14.7. The molecule has 0 aliphatic rings. The Kier molecular flexibility index (Phi) is 6.95. The van der Waals surface area contributed by atoms with Gasteiger partial charge in [-0.25, -0.2) is 8.42 Å². The van der Waals surface area contributed by atoms with Crippen LogP contribution in [-0.2, 0) is 14.6 Å². The fraction of sp³-hybridized carbons (Fsp3) is 0.875. The molecule has 0 aromatic rings. The number of carboxylic acids is 1. The maximum atomic E-state index is 11.2. The molecule has 0 saturated carbocycles. The van der Waals surface area contributed by atoms with Gasteiger partial charge >= 0.3 is 5.97 Å². The zero-order valence-electron chi connectivity index (χ0n) is 8.68. The molecule has 0 radical (unpaired) electrons. The minimum absolute atomic E-state index is 0.0951. The van der Waals surface area contributed by atoms with Crippen molar-refractivity contribution in [2.45, 2.75) is 19.4 Å². The van der Waals surface area contributed by atoms with Crippen molar-refractivity contribution in [2.24, 2.45) is 5.73 Å². The Morgan fingerprint density at radius 2 is 2.07 bits per heavy atom. The summed E-state index contributed by atoms with van der Waals surface area (Å²) in [7, 11) is -2.96. The Morgan fingerprint density at radius 1 is 1.47 bits per heavy atom. The molecule has 1 atom stereocenters. The fourth-order valence-corrected chi connectivity index (χ4v) is 3.76. The minimum atomic E-state index is -2.96. The van der Waals surface area contributed by atoms with Crippen LogP contribution in [0, 0.1) is 0 Å². The summed E-state index contributed by atoms with van der Waals surface area (Å²) in [6, 6.07) is -0.913. The second kappa shape index (κ2) is 7.08. The predicted molar refractivity (Wildman–Crippen MR) is 61.9 cm³/mol. The summed E-state index contributed by atoms with van der Waals surface area (Å²) in [5.41, 5.74) is 5.26. The highest BCUT2D eigenvalue weighted by molar-refractivity contribution is 8.00. The van der Waals surface area contributed by atoms with E-state index < -0.39 is 21.8 Å². The van der Waals surface area contributed by atoms with Gasteiger partial charge in [-0.2, -0.15) is 11.8 Å². The van der Waals surface area contributed by atoms with Crippen molar-refractivity contribution in [3.05, 3.63) is 0 Å². The normalized spacial score (nSPS) is 13.7. The van der Waals surface area contributed by atoms with E-state index in [0.29, 0.717) is 12.2 Å². The molecule has 0 saturated heterocycles. The smallest absolute Gasteiger partial charge is 0.321 e. The first-order chi connectivity index (χ1) is 6.89. The predicted octanol–water partition coefficient (Wildman–Crippen LogP) is -0.0437.